The molecule has 0 atom stereocenters. The van der Waals surface area contributed by atoms with E-state index in [1.807, 2.05) is 24.3 Å². The summed E-state index contributed by atoms with van der Waals surface area (Å²) >= 11 is 0. The van der Waals surface area contributed by atoms with Gasteiger partial charge in [0.2, 0.25) is 0 Å². The third-order valence-corrected chi connectivity index (χ3v) is 4.63. The van der Waals surface area contributed by atoms with Gasteiger partial charge in [-0.3, -0.25) is 14.6 Å². The molecule has 2 N–H and O–H groups in total. The minimum atomic E-state index is -0.332. The van der Waals surface area contributed by atoms with Gasteiger partial charge in [-0.1, -0.05) is 36.4 Å². The predicted octanol–water partition coefficient (Wildman–Crippen LogP) is 4.56. The highest BCUT2D eigenvalue weighted by Gasteiger charge is 2.12. The fourth-order valence-electron chi connectivity index (χ4n) is 3.09. The first-order chi connectivity index (χ1) is 14.6. The van der Waals surface area contributed by atoms with E-state index in [-0.39, 0.29) is 24.2 Å². The van der Waals surface area contributed by atoms with Crippen molar-refractivity contribution in [2.45, 2.75) is 6.54 Å². The van der Waals surface area contributed by atoms with E-state index >= 15 is 0 Å². The van der Waals surface area contributed by atoms with Crippen LogP contribution in [0.2, 0.25) is 0 Å². The van der Waals surface area contributed by atoms with Gasteiger partial charge in [0, 0.05) is 29.3 Å². The number of carbonyl (C=O) groups is 2. The molecule has 0 aliphatic rings. The first kappa shape index (κ1) is 19.3. The Morgan fingerprint density at radius 1 is 0.833 bits per heavy atom. The molecule has 0 bridgehead atoms. The number of carbonyl (C=O) groups excluding carboxylic acids is 2. The van der Waals surface area contributed by atoms with Gasteiger partial charge in [-0.2, -0.15) is 0 Å². The minimum Gasteiger partial charge on any atom is -0.348 e. The van der Waals surface area contributed by atoms with E-state index in [0.29, 0.717) is 22.3 Å². The van der Waals surface area contributed by atoms with Gasteiger partial charge in [0.05, 0.1) is 11.2 Å². The van der Waals surface area contributed by atoms with Crippen molar-refractivity contribution in [3.8, 4) is 0 Å². The molecule has 6 heteroatoms. The molecule has 1 aromatic heterocycles. The first-order valence-electron chi connectivity index (χ1n) is 9.38. The molecule has 0 fully saturated rings. The van der Waals surface area contributed by atoms with Crippen molar-refractivity contribution in [2.75, 3.05) is 5.32 Å². The molecular weight excluding hydrogens is 381 g/mol. The van der Waals surface area contributed by atoms with E-state index in [0.717, 1.165) is 10.9 Å². The third-order valence-electron chi connectivity index (χ3n) is 4.63. The standard InChI is InChI=1S/C24H18FN3O2/c25-20-11-9-16(10-12-20)15-27-23(29)18-5-1-6-19(14-18)24(30)28-21-8-2-4-17-7-3-13-26-22(17)21/h1-14H,15H2,(H,27,29)(H,28,30). The summed E-state index contributed by atoms with van der Waals surface area (Å²) in [6.07, 6.45) is 1.67. The number of aromatic nitrogens is 1. The molecule has 0 radical (unpaired) electrons. The number of amides is 2. The topological polar surface area (TPSA) is 71.1 Å². The average Bonchev–Trinajstić information content (AvgIpc) is 2.79. The van der Waals surface area contributed by atoms with Gasteiger partial charge in [0.25, 0.3) is 11.8 Å². The Labute approximate surface area is 172 Å². The van der Waals surface area contributed by atoms with Crippen molar-refractivity contribution in [3.05, 3.63) is 108 Å². The number of nitrogens with one attached hydrogen (secondary N) is 2. The number of halogens is 1. The smallest absolute Gasteiger partial charge is 0.255 e. The molecule has 4 rings (SSSR count). The van der Waals surface area contributed by atoms with Gasteiger partial charge >= 0.3 is 0 Å². The van der Waals surface area contributed by atoms with E-state index in [9.17, 15) is 14.0 Å². The largest absolute Gasteiger partial charge is 0.348 e. The fourth-order valence-corrected chi connectivity index (χ4v) is 3.09. The number of benzene rings is 3. The van der Waals surface area contributed by atoms with E-state index in [2.05, 4.69) is 15.6 Å². The van der Waals surface area contributed by atoms with E-state index < -0.39 is 0 Å². The molecule has 1 heterocycles. The molecule has 0 spiro atoms. The number of pyridine rings is 1. The van der Waals surface area contributed by atoms with Crippen molar-refractivity contribution in [1.82, 2.24) is 10.3 Å². The number of nitrogens with zero attached hydrogens (tertiary/aromatic N) is 1. The van der Waals surface area contributed by atoms with Crippen LogP contribution in [-0.2, 0) is 6.54 Å². The number of hydrogen-bond acceptors (Lipinski definition) is 3. The lowest BCUT2D eigenvalue weighted by Crippen LogP contribution is -2.23. The first-order valence-corrected chi connectivity index (χ1v) is 9.38. The van der Waals surface area contributed by atoms with Gasteiger partial charge in [-0.25, -0.2) is 4.39 Å². The summed E-state index contributed by atoms with van der Waals surface area (Å²) in [6, 6.07) is 21.7. The molecule has 5 nitrogen and oxygen atoms in total. The van der Waals surface area contributed by atoms with Crippen LogP contribution in [0.25, 0.3) is 10.9 Å². The molecule has 0 unspecified atom stereocenters. The van der Waals surface area contributed by atoms with Gasteiger partial charge in [0.1, 0.15) is 5.82 Å². The monoisotopic (exact) mass is 399 g/mol. The summed E-state index contributed by atoms with van der Waals surface area (Å²) in [6.45, 7) is 0.261. The van der Waals surface area contributed by atoms with Crippen LogP contribution in [0.1, 0.15) is 26.3 Å². The Hall–Kier alpha value is -4.06. The Bertz CT molecular complexity index is 1220. The summed E-state index contributed by atoms with van der Waals surface area (Å²) in [5.74, 6) is -0.979. The van der Waals surface area contributed by atoms with Crippen LogP contribution in [0.5, 0.6) is 0 Å². The third kappa shape index (κ3) is 4.33. The summed E-state index contributed by atoms with van der Waals surface area (Å²) in [5, 5.41) is 6.55. The second-order valence-corrected chi connectivity index (χ2v) is 6.72. The Morgan fingerprint density at radius 2 is 1.53 bits per heavy atom. The van der Waals surface area contributed by atoms with Crippen molar-refractivity contribution in [3.63, 3.8) is 0 Å². The molecule has 0 saturated carbocycles. The number of hydrogen-bond donors (Lipinski definition) is 2. The molecule has 3 aromatic carbocycles. The molecule has 148 valence electrons. The van der Waals surface area contributed by atoms with Gasteiger partial charge < -0.3 is 10.6 Å². The highest BCUT2D eigenvalue weighted by Crippen LogP contribution is 2.21. The molecule has 0 aliphatic carbocycles. The van der Waals surface area contributed by atoms with Crippen LogP contribution in [0.4, 0.5) is 10.1 Å². The zero-order valence-corrected chi connectivity index (χ0v) is 15.9. The van der Waals surface area contributed by atoms with Crippen LogP contribution in [0.15, 0.2) is 85.1 Å². The van der Waals surface area contributed by atoms with Crippen LogP contribution in [-0.4, -0.2) is 16.8 Å². The summed E-state index contributed by atoms with van der Waals surface area (Å²) < 4.78 is 13.0. The Kier molecular flexibility index (Phi) is 5.48. The summed E-state index contributed by atoms with van der Waals surface area (Å²) in [5.41, 5.74) is 2.80. The fraction of sp³-hybridized carbons (Fsp3) is 0.0417. The normalized spacial score (nSPS) is 10.6. The van der Waals surface area contributed by atoms with E-state index in [1.165, 1.54) is 18.2 Å². The van der Waals surface area contributed by atoms with Gasteiger partial charge in [0.15, 0.2) is 0 Å². The lowest BCUT2D eigenvalue weighted by Gasteiger charge is -2.10. The highest BCUT2D eigenvalue weighted by atomic mass is 19.1. The quantitative estimate of drug-likeness (QED) is 0.517. The number of rotatable bonds is 5. The molecular formula is C24H18FN3O2. The molecule has 0 aliphatic heterocycles. The van der Waals surface area contributed by atoms with Crippen molar-refractivity contribution >= 4 is 28.4 Å². The highest BCUT2D eigenvalue weighted by molar-refractivity contribution is 6.09. The second-order valence-electron chi connectivity index (χ2n) is 6.72. The van der Waals surface area contributed by atoms with Crippen LogP contribution in [0.3, 0.4) is 0 Å². The van der Waals surface area contributed by atoms with Gasteiger partial charge in [-0.15, -0.1) is 0 Å². The number of anilines is 1. The van der Waals surface area contributed by atoms with Crippen LogP contribution < -0.4 is 10.6 Å². The van der Waals surface area contributed by atoms with Crippen LogP contribution in [0, 0.1) is 5.82 Å². The molecule has 0 saturated heterocycles. The molecule has 2 amide bonds. The maximum atomic E-state index is 13.0. The summed E-state index contributed by atoms with van der Waals surface area (Å²) in [4.78, 5) is 29.5. The van der Waals surface area contributed by atoms with E-state index in [1.54, 1.807) is 42.6 Å². The van der Waals surface area contributed by atoms with Crippen molar-refractivity contribution < 1.29 is 14.0 Å². The second kappa shape index (κ2) is 8.53. The van der Waals surface area contributed by atoms with Crippen molar-refractivity contribution in [1.29, 1.82) is 0 Å². The lowest BCUT2D eigenvalue weighted by atomic mass is 10.1. The number of fused-ring (bicyclic) bond motifs is 1. The van der Waals surface area contributed by atoms with Gasteiger partial charge in [-0.05, 0) is 48.0 Å². The molecule has 4 aromatic rings. The average molecular weight is 399 g/mol. The van der Waals surface area contributed by atoms with E-state index in [4.69, 9.17) is 0 Å². The predicted molar refractivity (Wildman–Crippen MR) is 114 cm³/mol. The molecule has 30 heavy (non-hydrogen) atoms. The Morgan fingerprint density at radius 3 is 2.33 bits per heavy atom. The van der Waals surface area contributed by atoms with Crippen molar-refractivity contribution in [2.24, 2.45) is 0 Å². The lowest BCUT2D eigenvalue weighted by molar-refractivity contribution is 0.0951. The summed E-state index contributed by atoms with van der Waals surface area (Å²) in [7, 11) is 0. The van der Waals surface area contributed by atoms with Crippen LogP contribution >= 0.6 is 0 Å². The minimum absolute atomic E-state index is 0.261. The Balaban J connectivity index is 1.47. The maximum Gasteiger partial charge on any atom is 0.255 e. The SMILES string of the molecule is O=C(NCc1ccc(F)cc1)c1cccc(C(=O)Nc2cccc3cccnc23)c1. The maximum absolute atomic E-state index is 13.0. The number of para-hydroxylation sites is 1. The zero-order valence-electron chi connectivity index (χ0n) is 15.9. The zero-order chi connectivity index (χ0) is 20.9.